The van der Waals surface area contributed by atoms with Gasteiger partial charge in [-0.3, -0.25) is 4.79 Å². The van der Waals surface area contributed by atoms with E-state index in [2.05, 4.69) is 30.4 Å². The van der Waals surface area contributed by atoms with Gasteiger partial charge in [-0.1, -0.05) is 25.0 Å². The number of nitrogens with zero attached hydrogens (tertiary/aromatic N) is 4. The van der Waals surface area contributed by atoms with Gasteiger partial charge in [-0.05, 0) is 55.3 Å². The van der Waals surface area contributed by atoms with Gasteiger partial charge in [0, 0.05) is 29.9 Å². The van der Waals surface area contributed by atoms with E-state index in [1.165, 1.54) is 25.7 Å². The van der Waals surface area contributed by atoms with Crippen molar-refractivity contribution in [2.75, 3.05) is 23.3 Å². The van der Waals surface area contributed by atoms with E-state index in [4.69, 9.17) is 0 Å². The number of aromatic nitrogens is 4. The lowest BCUT2D eigenvalue weighted by molar-refractivity contribution is 0.102. The van der Waals surface area contributed by atoms with Crippen molar-refractivity contribution in [2.24, 2.45) is 0 Å². The minimum absolute atomic E-state index is 0.170. The zero-order valence-corrected chi connectivity index (χ0v) is 17.2. The Kier molecular flexibility index (Phi) is 5.31. The first-order valence-corrected chi connectivity index (χ1v) is 10.7. The summed E-state index contributed by atoms with van der Waals surface area (Å²) >= 11 is 0. The van der Waals surface area contributed by atoms with Gasteiger partial charge in [0.25, 0.3) is 5.91 Å². The maximum atomic E-state index is 12.7. The predicted molar refractivity (Wildman–Crippen MR) is 122 cm³/mol. The van der Waals surface area contributed by atoms with Crippen LogP contribution in [0.25, 0.3) is 22.3 Å². The van der Waals surface area contributed by atoms with Crippen molar-refractivity contribution < 1.29 is 4.79 Å². The first kappa shape index (κ1) is 19.2. The highest BCUT2D eigenvalue weighted by Crippen LogP contribution is 2.23. The van der Waals surface area contributed by atoms with Crippen molar-refractivity contribution in [2.45, 2.75) is 25.7 Å². The number of amides is 1. The molecular weight excluding hydrogens is 388 g/mol. The Hall–Kier alpha value is -3.74. The second-order valence-electron chi connectivity index (χ2n) is 7.85. The molecule has 1 aliphatic heterocycles. The van der Waals surface area contributed by atoms with E-state index in [0.29, 0.717) is 11.3 Å². The van der Waals surface area contributed by atoms with Gasteiger partial charge in [0.1, 0.15) is 0 Å². The van der Waals surface area contributed by atoms with Gasteiger partial charge in [0.15, 0.2) is 5.82 Å². The quantitative estimate of drug-likeness (QED) is 0.509. The molecule has 2 aromatic carbocycles. The van der Waals surface area contributed by atoms with Crippen molar-refractivity contribution in [3.63, 3.8) is 0 Å². The summed E-state index contributed by atoms with van der Waals surface area (Å²) in [5, 5.41) is 11.9. The van der Waals surface area contributed by atoms with Gasteiger partial charge < -0.3 is 15.2 Å². The monoisotopic (exact) mass is 412 g/mol. The molecule has 4 aromatic rings. The molecule has 0 atom stereocenters. The van der Waals surface area contributed by atoms with Crippen LogP contribution in [0.3, 0.4) is 0 Å². The molecule has 156 valence electrons. The number of carbonyl (C=O) groups is 1. The normalized spacial score (nSPS) is 14.4. The van der Waals surface area contributed by atoms with Gasteiger partial charge in [-0.15, -0.1) is 10.2 Å². The van der Waals surface area contributed by atoms with Crippen LogP contribution in [0, 0.1) is 0 Å². The van der Waals surface area contributed by atoms with Crippen LogP contribution in [0.15, 0.2) is 60.9 Å². The van der Waals surface area contributed by atoms with Crippen molar-refractivity contribution in [1.29, 1.82) is 0 Å². The Labute approximate surface area is 180 Å². The smallest absolute Gasteiger partial charge is 0.255 e. The van der Waals surface area contributed by atoms with Crippen LogP contribution in [0.2, 0.25) is 0 Å². The molecule has 2 aromatic heterocycles. The van der Waals surface area contributed by atoms with Crippen LogP contribution in [0.5, 0.6) is 0 Å². The highest BCUT2D eigenvalue weighted by atomic mass is 16.1. The number of nitrogens with one attached hydrogen (secondary N) is 2. The van der Waals surface area contributed by atoms with Crippen LogP contribution in [0.1, 0.15) is 36.0 Å². The van der Waals surface area contributed by atoms with Gasteiger partial charge in [0.2, 0.25) is 0 Å². The number of fused-ring (bicyclic) bond motifs is 1. The van der Waals surface area contributed by atoms with E-state index in [1.54, 1.807) is 18.5 Å². The average Bonchev–Trinajstić information content (AvgIpc) is 3.11. The van der Waals surface area contributed by atoms with Crippen LogP contribution >= 0.6 is 0 Å². The Balaban J connectivity index is 1.31. The number of rotatable bonds is 4. The Morgan fingerprint density at radius 2 is 1.81 bits per heavy atom. The predicted octanol–water partition coefficient (Wildman–Crippen LogP) is 4.65. The molecule has 1 amide bonds. The number of hydrogen-bond donors (Lipinski definition) is 2. The molecule has 3 heterocycles. The second kappa shape index (κ2) is 8.55. The van der Waals surface area contributed by atoms with E-state index in [-0.39, 0.29) is 5.91 Å². The molecule has 2 N–H and O–H groups in total. The molecule has 7 nitrogen and oxygen atoms in total. The van der Waals surface area contributed by atoms with E-state index >= 15 is 0 Å². The first-order chi connectivity index (χ1) is 15.3. The number of aromatic amines is 1. The lowest BCUT2D eigenvalue weighted by atomic mass is 10.1. The number of imidazole rings is 1. The molecular formula is C24H24N6O. The summed E-state index contributed by atoms with van der Waals surface area (Å²) in [6, 6.07) is 17.1. The fourth-order valence-corrected chi connectivity index (χ4v) is 3.98. The van der Waals surface area contributed by atoms with Gasteiger partial charge in [-0.2, -0.15) is 0 Å². The van der Waals surface area contributed by atoms with Gasteiger partial charge in [-0.25, -0.2) is 4.98 Å². The highest BCUT2D eigenvalue weighted by molar-refractivity contribution is 6.06. The van der Waals surface area contributed by atoms with E-state index in [9.17, 15) is 4.79 Å². The zero-order valence-electron chi connectivity index (χ0n) is 17.2. The number of benzene rings is 2. The zero-order chi connectivity index (χ0) is 21.0. The van der Waals surface area contributed by atoms with Gasteiger partial charge >= 0.3 is 0 Å². The van der Waals surface area contributed by atoms with Crippen molar-refractivity contribution in [1.82, 2.24) is 20.2 Å². The maximum absolute atomic E-state index is 12.7. The summed E-state index contributed by atoms with van der Waals surface area (Å²) in [6.45, 7) is 2.08. The summed E-state index contributed by atoms with van der Waals surface area (Å²) in [7, 11) is 0. The van der Waals surface area contributed by atoms with Crippen LogP contribution in [-0.4, -0.2) is 39.2 Å². The van der Waals surface area contributed by atoms with E-state index < -0.39 is 0 Å². The molecule has 0 aliphatic carbocycles. The maximum Gasteiger partial charge on any atom is 0.255 e. The highest BCUT2D eigenvalue weighted by Gasteiger charge is 2.13. The third-order valence-corrected chi connectivity index (χ3v) is 5.68. The first-order valence-electron chi connectivity index (χ1n) is 10.7. The number of carbonyl (C=O) groups excluding carboxylic acids is 1. The third-order valence-electron chi connectivity index (χ3n) is 5.68. The molecule has 5 rings (SSSR count). The summed E-state index contributed by atoms with van der Waals surface area (Å²) in [6.07, 6.45) is 6.61. The summed E-state index contributed by atoms with van der Waals surface area (Å²) < 4.78 is 0. The minimum atomic E-state index is -0.170. The summed E-state index contributed by atoms with van der Waals surface area (Å²) in [4.78, 5) is 22.2. The lowest BCUT2D eigenvalue weighted by Gasteiger charge is -2.20. The molecule has 0 spiro atoms. The Bertz CT molecular complexity index is 1190. The number of hydrogen-bond acceptors (Lipinski definition) is 5. The fraction of sp³-hybridized carbons (Fsp3) is 0.250. The number of anilines is 2. The Morgan fingerprint density at radius 1 is 0.935 bits per heavy atom. The minimum Gasteiger partial charge on any atom is -0.355 e. The molecule has 1 fully saturated rings. The SMILES string of the molecule is O=C(Nc1cccc(-c2ccc(N3CCCCCC3)nn2)c1)c1ccc2nc[nH]c2c1. The molecule has 7 heteroatoms. The van der Waals surface area contributed by atoms with Crippen LogP contribution in [-0.2, 0) is 0 Å². The van der Waals surface area contributed by atoms with Crippen molar-refractivity contribution >= 4 is 28.4 Å². The van der Waals surface area contributed by atoms with Crippen molar-refractivity contribution in [3.05, 3.63) is 66.5 Å². The lowest BCUT2D eigenvalue weighted by Crippen LogP contribution is -2.25. The molecule has 31 heavy (non-hydrogen) atoms. The van der Waals surface area contributed by atoms with Crippen molar-refractivity contribution in [3.8, 4) is 11.3 Å². The molecule has 0 radical (unpaired) electrons. The summed E-state index contributed by atoms with van der Waals surface area (Å²) in [5.41, 5.74) is 4.65. The van der Waals surface area contributed by atoms with Gasteiger partial charge in [0.05, 0.1) is 23.1 Å². The Morgan fingerprint density at radius 3 is 2.61 bits per heavy atom. The van der Waals surface area contributed by atoms with Crippen LogP contribution in [0.4, 0.5) is 11.5 Å². The molecule has 1 aliphatic rings. The summed E-state index contributed by atoms with van der Waals surface area (Å²) in [5.74, 6) is 0.764. The molecule has 0 saturated carbocycles. The largest absolute Gasteiger partial charge is 0.355 e. The number of H-pyrrole nitrogens is 1. The fourth-order valence-electron chi connectivity index (χ4n) is 3.98. The van der Waals surface area contributed by atoms with E-state index in [0.717, 1.165) is 41.2 Å². The standard InChI is InChI=1S/C24H24N6O/c31-24(18-8-9-21-22(15-18)26-16-25-21)27-19-7-5-6-17(14-19)20-10-11-23(29-28-20)30-12-3-1-2-4-13-30/h5-11,14-16H,1-4,12-13H2,(H,25,26)(H,27,31). The second-order valence-corrected chi connectivity index (χ2v) is 7.85. The third kappa shape index (κ3) is 4.26. The topological polar surface area (TPSA) is 86.8 Å². The van der Waals surface area contributed by atoms with E-state index in [1.807, 2.05) is 42.5 Å². The van der Waals surface area contributed by atoms with Crippen LogP contribution < -0.4 is 10.2 Å². The molecule has 0 bridgehead atoms. The average molecular weight is 412 g/mol. The molecule has 0 unspecified atom stereocenters. The molecule has 1 saturated heterocycles.